The third-order valence-electron chi connectivity index (χ3n) is 3.64. The number of rotatable bonds is 12. The second-order valence-corrected chi connectivity index (χ2v) is 5.21. The van der Waals surface area contributed by atoms with E-state index in [0.29, 0.717) is 25.4 Å². The maximum atomic E-state index is 5.66. The Morgan fingerprint density at radius 3 is 2.84 bits per heavy atom. The van der Waals surface area contributed by atoms with Gasteiger partial charge in [-0.25, -0.2) is 0 Å². The van der Waals surface area contributed by atoms with Gasteiger partial charge in [-0.1, -0.05) is 6.92 Å². The summed E-state index contributed by atoms with van der Waals surface area (Å²) in [5.74, 6) is 0. The lowest BCUT2D eigenvalue weighted by Crippen LogP contribution is -2.30. The highest BCUT2D eigenvalue weighted by Crippen LogP contribution is 2.18. The highest BCUT2D eigenvalue weighted by atomic mass is 16.5. The third kappa shape index (κ3) is 8.58. The Kier molecular flexibility index (Phi) is 10.4. The molecule has 0 bridgehead atoms. The molecule has 2 unspecified atom stereocenters. The molecule has 0 spiro atoms. The molecule has 1 aliphatic rings. The lowest BCUT2D eigenvalue weighted by Gasteiger charge is -2.18. The first-order valence-corrected chi connectivity index (χ1v) is 7.78. The van der Waals surface area contributed by atoms with Gasteiger partial charge in [0.15, 0.2) is 0 Å². The maximum Gasteiger partial charge on any atom is 0.0700 e. The summed E-state index contributed by atoms with van der Waals surface area (Å²) < 4.78 is 16.2. The Balaban J connectivity index is 2.02. The molecule has 1 saturated heterocycles. The van der Waals surface area contributed by atoms with E-state index in [9.17, 15) is 0 Å². The van der Waals surface area contributed by atoms with E-state index in [1.54, 1.807) is 7.11 Å². The molecular weight excluding hydrogens is 242 g/mol. The Labute approximate surface area is 118 Å². The summed E-state index contributed by atoms with van der Waals surface area (Å²) in [7, 11) is 1.70. The number of ether oxygens (including phenoxy) is 3. The SMILES string of the molecule is CCNC(CCCC1CCCO1)CCOCCOC. The normalized spacial score (nSPS) is 20.8. The van der Waals surface area contributed by atoms with Gasteiger partial charge in [0, 0.05) is 26.4 Å². The molecule has 0 aliphatic carbocycles. The van der Waals surface area contributed by atoms with Gasteiger partial charge in [0.1, 0.15) is 0 Å². The monoisotopic (exact) mass is 273 g/mol. The Morgan fingerprint density at radius 1 is 1.26 bits per heavy atom. The van der Waals surface area contributed by atoms with Gasteiger partial charge in [-0.15, -0.1) is 0 Å². The van der Waals surface area contributed by atoms with Crippen LogP contribution in [0, 0.1) is 0 Å². The molecule has 0 aromatic carbocycles. The van der Waals surface area contributed by atoms with E-state index in [-0.39, 0.29) is 0 Å². The van der Waals surface area contributed by atoms with Gasteiger partial charge in [-0.3, -0.25) is 0 Å². The molecule has 1 heterocycles. The smallest absolute Gasteiger partial charge is 0.0700 e. The topological polar surface area (TPSA) is 39.7 Å². The molecule has 1 rings (SSSR count). The molecule has 0 aromatic rings. The Bertz CT molecular complexity index is 196. The molecule has 1 aliphatic heterocycles. The lowest BCUT2D eigenvalue weighted by molar-refractivity contribution is 0.0648. The first kappa shape index (κ1) is 16.9. The molecule has 0 saturated carbocycles. The molecule has 0 aromatic heterocycles. The van der Waals surface area contributed by atoms with Gasteiger partial charge in [0.25, 0.3) is 0 Å². The van der Waals surface area contributed by atoms with Crippen LogP contribution in [0.5, 0.6) is 0 Å². The third-order valence-corrected chi connectivity index (χ3v) is 3.64. The predicted molar refractivity (Wildman–Crippen MR) is 77.6 cm³/mol. The quantitative estimate of drug-likeness (QED) is 0.554. The fourth-order valence-corrected chi connectivity index (χ4v) is 2.57. The van der Waals surface area contributed by atoms with Gasteiger partial charge in [-0.2, -0.15) is 0 Å². The van der Waals surface area contributed by atoms with Crippen LogP contribution in [0.3, 0.4) is 0 Å². The van der Waals surface area contributed by atoms with Crippen molar-refractivity contribution in [3.63, 3.8) is 0 Å². The van der Waals surface area contributed by atoms with Crippen molar-refractivity contribution in [3.8, 4) is 0 Å². The highest BCUT2D eigenvalue weighted by Gasteiger charge is 2.15. The molecular formula is C15H31NO3. The number of methoxy groups -OCH3 is 1. The zero-order chi connectivity index (χ0) is 13.8. The number of hydrogen-bond donors (Lipinski definition) is 1. The average Bonchev–Trinajstić information content (AvgIpc) is 2.91. The van der Waals surface area contributed by atoms with Crippen LogP contribution in [0.25, 0.3) is 0 Å². The molecule has 0 radical (unpaired) electrons. The molecule has 19 heavy (non-hydrogen) atoms. The summed E-state index contributed by atoms with van der Waals surface area (Å²) in [6.45, 7) is 6.37. The van der Waals surface area contributed by atoms with Crippen LogP contribution in [0.2, 0.25) is 0 Å². The summed E-state index contributed by atoms with van der Waals surface area (Å²) in [6.07, 6.45) is 7.80. The van der Waals surface area contributed by atoms with Crippen molar-refractivity contribution >= 4 is 0 Å². The number of hydrogen-bond acceptors (Lipinski definition) is 4. The first-order valence-electron chi connectivity index (χ1n) is 7.78. The van der Waals surface area contributed by atoms with Crippen molar-refractivity contribution in [3.05, 3.63) is 0 Å². The molecule has 4 nitrogen and oxygen atoms in total. The second-order valence-electron chi connectivity index (χ2n) is 5.21. The van der Waals surface area contributed by atoms with Gasteiger partial charge >= 0.3 is 0 Å². The maximum absolute atomic E-state index is 5.66. The van der Waals surface area contributed by atoms with Crippen molar-refractivity contribution in [1.82, 2.24) is 5.32 Å². The summed E-state index contributed by atoms with van der Waals surface area (Å²) in [5.41, 5.74) is 0. The van der Waals surface area contributed by atoms with Crippen LogP contribution in [0.4, 0.5) is 0 Å². The standard InChI is InChI=1S/C15H31NO3/c1-3-16-14(9-11-18-13-12-17-2)6-4-7-15-8-5-10-19-15/h14-16H,3-13H2,1-2H3. The summed E-state index contributed by atoms with van der Waals surface area (Å²) in [6, 6.07) is 0.578. The fraction of sp³-hybridized carbons (Fsp3) is 1.00. The van der Waals surface area contributed by atoms with Crippen LogP contribution in [-0.2, 0) is 14.2 Å². The summed E-state index contributed by atoms with van der Waals surface area (Å²) in [5, 5.41) is 3.55. The Morgan fingerprint density at radius 2 is 2.16 bits per heavy atom. The van der Waals surface area contributed by atoms with Crippen molar-refractivity contribution < 1.29 is 14.2 Å². The molecule has 4 heteroatoms. The van der Waals surface area contributed by atoms with E-state index >= 15 is 0 Å². The molecule has 2 atom stereocenters. The van der Waals surface area contributed by atoms with E-state index in [4.69, 9.17) is 14.2 Å². The van der Waals surface area contributed by atoms with Crippen molar-refractivity contribution in [1.29, 1.82) is 0 Å². The molecule has 0 amide bonds. The van der Waals surface area contributed by atoms with Crippen molar-refractivity contribution in [2.45, 2.75) is 57.6 Å². The zero-order valence-corrected chi connectivity index (χ0v) is 12.7. The highest BCUT2D eigenvalue weighted by molar-refractivity contribution is 4.70. The Hall–Kier alpha value is -0.160. The van der Waals surface area contributed by atoms with Crippen molar-refractivity contribution in [2.24, 2.45) is 0 Å². The van der Waals surface area contributed by atoms with Crippen LogP contribution >= 0.6 is 0 Å². The minimum Gasteiger partial charge on any atom is -0.382 e. The molecule has 1 N–H and O–H groups in total. The predicted octanol–water partition coefficient (Wildman–Crippen LogP) is 2.37. The average molecular weight is 273 g/mol. The summed E-state index contributed by atoms with van der Waals surface area (Å²) in [4.78, 5) is 0. The fourth-order valence-electron chi connectivity index (χ4n) is 2.57. The van der Waals surface area contributed by atoms with Gasteiger partial charge in [0.2, 0.25) is 0 Å². The van der Waals surface area contributed by atoms with Crippen LogP contribution in [0.1, 0.15) is 45.4 Å². The van der Waals surface area contributed by atoms with Gasteiger partial charge in [0.05, 0.1) is 19.3 Å². The van der Waals surface area contributed by atoms with E-state index in [1.165, 1.54) is 32.1 Å². The minimum atomic E-state index is 0.528. The van der Waals surface area contributed by atoms with E-state index in [0.717, 1.165) is 26.2 Å². The van der Waals surface area contributed by atoms with Crippen LogP contribution in [0.15, 0.2) is 0 Å². The van der Waals surface area contributed by atoms with Gasteiger partial charge < -0.3 is 19.5 Å². The van der Waals surface area contributed by atoms with Gasteiger partial charge in [-0.05, 0) is 45.1 Å². The minimum absolute atomic E-state index is 0.528. The largest absolute Gasteiger partial charge is 0.382 e. The van der Waals surface area contributed by atoms with Crippen LogP contribution in [-0.4, -0.2) is 52.2 Å². The zero-order valence-electron chi connectivity index (χ0n) is 12.7. The second kappa shape index (κ2) is 11.6. The molecule has 1 fully saturated rings. The van der Waals surface area contributed by atoms with E-state index in [1.807, 2.05) is 0 Å². The van der Waals surface area contributed by atoms with E-state index < -0.39 is 0 Å². The molecule has 114 valence electrons. The van der Waals surface area contributed by atoms with E-state index in [2.05, 4.69) is 12.2 Å². The lowest BCUT2D eigenvalue weighted by atomic mass is 10.0. The van der Waals surface area contributed by atoms with Crippen LogP contribution < -0.4 is 5.32 Å². The first-order chi connectivity index (χ1) is 9.36. The number of nitrogens with one attached hydrogen (secondary N) is 1. The summed E-state index contributed by atoms with van der Waals surface area (Å²) >= 11 is 0. The van der Waals surface area contributed by atoms with Crippen molar-refractivity contribution in [2.75, 3.05) is 40.1 Å².